The van der Waals surface area contributed by atoms with Gasteiger partial charge in [-0.25, -0.2) is 0 Å². The third-order valence-electron chi connectivity index (χ3n) is 4.23. The van der Waals surface area contributed by atoms with Crippen LogP contribution in [0.4, 0.5) is 5.69 Å². The quantitative estimate of drug-likeness (QED) is 0.716. The number of nitrogens with two attached hydrogens (primary N) is 1. The van der Waals surface area contributed by atoms with Crippen LogP contribution >= 0.6 is 11.8 Å². The van der Waals surface area contributed by atoms with Gasteiger partial charge in [0.25, 0.3) is 5.91 Å². The molecule has 114 valence electrons. The predicted octanol–water partition coefficient (Wildman–Crippen LogP) is 3.40. The Morgan fingerprint density at radius 3 is 2.67 bits per heavy atom. The molecule has 1 heterocycles. The first-order chi connectivity index (χ1) is 10.0. The second-order valence-electron chi connectivity index (χ2n) is 5.27. The molecule has 0 saturated carbocycles. The predicted molar refractivity (Wildman–Crippen MR) is 91.9 cm³/mol. The van der Waals surface area contributed by atoms with Gasteiger partial charge >= 0.3 is 0 Å². The van der Waals surface area contributed by atoms with Crippen molar-refractivity contribution in [2.75, 3.05) is 18.5 Å². The van der Waals surface area contributed by atoms with Crippen LogP contribution in [-0.2, 0) is 0 Å². The highest BCUT2D eigenvalue weighted by atomic mass is 32.2. The summed E-state index contributed by atoms with van der Waals surface area (Å²) in [6.07, 6.45) is 4.16. The molecule has 5 heteroatoms. The van der Waals surface area contributed by atoms with E-state index in [-0.39, 0.29) is 10.7 Å². The Bertz CT molecular complexity index is 623. The lowest BCUT2D eigenvalue weighted by Crippen LogP contribution is -2.39. The Labute approximate surface area is 129 Å². The lowest BCUT2D eigenvalue weighted by Gasteiger charge is -2.29. The van der Waals surface area contributed by atoms with Crippen LogP contribution < -0.4 is 11.1 Å². The number of aromatic amines is 1. The second-order valence-corrected chi connectivity index (χ2v) is 6.55. The summed E-state index contributed by atoms with van der Waals surface area (Å²) >= 11 is 1.82. The molecule has 0 fully saturated rings. The Morgan fingerprint density at radius 2 is 2.10 bits per heavy atom. The summed E-state index contributed by atoms with van der Waals surface area (Å²) in [6, 6.07) is 7.51. The van der Waals surface area contributed by atoms with Crippen LogP contribution in [0.5, 0.6) is 0 Å². The van der Waals surface area contributed by atoms with E-state index in [2.05, 4.69) is 30.4 Å². The number of anilines is 1. The van der Waals surface area contributed by atoms with E-state index in [1.807, 2.05) is 36.0 Å². The maximum absolute atomic E-state index is 12.3. The largest absolute Gasteiger partial charge is 0.397 e. The van der Waals surface area contributed by atoms with Gasteiger partial charge in [0.2, 0.25) is 0 Å². The van der Waals surface area contributed by atoms with Gasteiger partial charge in [0.05, 0.1) is 11.2 Å². The highest BCUT2D eigenvalue weighted by Crippen LogP contribution is 2.29. The summed E-state index contributed by atoms with van der Waals surface area (Å²) in [6.45, 7) is 5.00. The molecule has 0 spiro atoms. The summed E-state index contributed by atoms with van der Waals surface area (Å²) in [7, 11) is 0. The van der Waals surface area contributed by atoms with Gasteiger partial charge in [-0.05, 0) is 31.2 Å². The molecule has 1 amide bonds. The Balaban J connectivity index is 2.14. The van der Waals surface area contributed by atoms with Crippen LogP contribution in [0, 0.1) is 0 Å². The minimum atomic E-state index is -0.0778. The van der Waals surface area contributed by atoms with Crippen LogP contribution in [0.3, 0.4) is 0 Å². The maximum atomic E-state index is 12.3. The first kappa shape index (κ1) is 15.8. The number of fused-ring (bicyclic) bond motifs is 1. The number of para-hydroxylation sites is 1. The number of nitrogens with one attached hydrogen (secondary N) is 2. The molecule has 2 rings (SSSR count). The first-order valence-corrected chi connectivity index (χ1v) is 8.48. The number of benzene rings is 1. The monoisotopic (exact) mass is 305 g/mol. The summed E-state index contributed by atoms with van der Waals surface area (Å²) in [4.78, 5) is 15.4. The SMILES string of the molecule is CCC(CC)(CNC(=O)c1cc2cccc(N)c2[nH]1)SC. The fraction of sp³-hybridized carbons (Fsp3) is 0.438. The highest BCUT2D eigenvalue weighted by molar-refractivity contribution is 8.00. The van der Waals surface area contributed by atoms with E-state index in [9.17, 15) is 4.79 Å². The van der Waals surface area contributed by atoms with Gasteiger partial charge in [0.1, 0.15) is 5.69 Å². The van der Waals surface area contributed by atoms with E-state index in [1.165, 1.54) is 0 Å². The Hall–Kier alpha value is -1.62. The van der Waals surface area contributed by atoms with Crippen molar-refractivity contribution in [2.45, 2.75) is 31.4 Å². The number of nitrogen functional groups attached to an aromatic ring is 1. The van der Waals surface area contributed by atoms with Gasteiger partial charge in [-0.1, -0.05) is 26.0 Å². The van der Waals surface area contributed by atoms with Crippen molar-refractivity contribution in [3.63, 3.8) is 0 Å². The van der Waals surface area contributed by atoms with Crippen molar-refractivity contribution < 1.29 is 4.79 Å². The van der Waals surface area contributed by atoms with Crippen molar-refractivity contribution in [1.82, 2.24) is 10.3 Å². The number of hydrogen-bond donors (Lipinski definition) is 3. The van der Waals surface area contributed by atoms with E-state index >= 15 is 0 Å². The number of rotatable bonds is 6. The maximum Gasteiger partial charge on any atom is 0.267 e. The van der Waals surface area contributed by atoms with Crippen LogP contribution in [0.15, 0.2) is 24.3 Å². The van der Waals surface area contributed by atoms with Crippen molar-refractivity contribution >= 4 is 34.3 Å². The molecule has 1 aromatic heterocycles. The third-order valence-corrected chi connectivity index (χ3v) is 5.81. The van der Waals surface area contributed by atoms with E-state index in [4.69, 9.17) is 5.73 Å². The number of hydrogen-bond acceptors (Lipinski definition) is 3. The molecule has 2 aromatic rings. The molecule has 21 heavy (non-hydrogen) atoms. The molecule has 4 N–H and O–H groups in total. The van der Waals surface area contributed by atoms with Crippen molar-refractivity contribution in [1.29, 1.82) is 0 Å². The first-order valence-electron chi connectivity index (χ1n) is 7.25. The van der Waals surface area contributed by atoms with Crippen LogP contribution in [-0.4, -0.2) is 28.4 Å². The molecule has 1 aromatic carbocycles. The fourth-order valence-electron chi connectivity index (χ4n) is 2.50. The zero-order valence-electron chi connectivity index (χ0n) is 12.8. The highest BCUT2D eigenvalue weighted by Gasteiger charge is 2.25. The van der Waals surface area contributed by atoms with Gasteiger partial charge in [0, 0.05) is 16.7 Å². The average molecular weight is 305 g/mol. The van der Waals surface area contributed by atoms with Gasteiger partial charge in [-0.15, -0.1) is 0 Å². The normalized spacial score (nSPS) is 11.8. The number of carbonyl (C=O) groups is 1. The minimum Gasteiger partial charge on any atom is -0.397 e. The number of H-pyrrole nitrogens is 1. The van der Waals surface area contributed by atoms with Gasteiger partial charge in [-0.2, -0.15) is 11.8 Å². The zero-order chi connectivity index (χ0) is 15.5. The zero-order valence-corrected chi connectivity index (χ0v) is 13.6. The van der Waals surface area contributed by atoms with Gasteiger partial charge < -0.3 is 16.0 Å². The van der Waals surface area contributed by atoms with Crippen LogP contribution in [0.2, 0.25) is 0 Å². The van der Waals surface area contributed by atoms with Gasteiger partial charge in [-0.3, -0.25) is 4.79 Å². The molecule has 0 aliphatic heterocycles. The molecule has 4 nitrogen and oxygen atoms in total. The Morgan fingerprint density at radius 1 is 1.38 bits per heavy atom. The number of thioether (sulfide) groups is 1. The summed E-state index contributed by atoms with van der Waals surface area (Å²) < 4.78 is 0.112. The molecule has 0 saturated heterocycles. The minimum absolute atomic E-state index is 0.0778. The van der Waals surface area contributed by atoms with Crippen LogP contribution in [0.25, 0.3) is 10.9 Å². The topological polar surface area (TPSA) is 70.9 Å². The van der Waals surface area contributed by atoms with E-state index in [0.29, 0.717) is 17.9 Å². The average Bonchev–Trinajstić information content (AvgIpc) is 2.95. The number of amides is 1. The number of carbonyl (C=O) groups excluding carboxylic acids is 1. The summed E-state index contributed by atoms with van der Waals surface area (Å²) in [5, 5.41) is 4.00. The lowest BCUT2D eigenvalue weighted by atomic mass is 10.0. The Kier molecular flexibility index (Phi) is 4.83. The van der Waals surface area contributed by atoms with E-state index < -0.39 is 0 Å². The second kappa shape index (κ2) is 6.43. The third kappa shape index (κ3) is 3.18. The standard InChI is InChI=1S/C16H23N3OS/c1-4-16(5-2,21-3)10-18-15(20)13-9-11-7-6-8-12(17)14(11)19-13/h6-9,19H,4-5,10,17H2,1-3H3,(H,18,20). The molecule has 0 aliphatic carbocycles. The van der Waals surface area contributed by atoms with Gasteiger partial charge in [0.15, 0.2) is 0 Å². The van der Waals surface area contributed by atoms with Crippen LogP contribution in [0.1, 0.15) is 37.2 Å². The molecular weight excluding hydrogens is 282 g/mol. The van der Waals surface area contributed by atoms with E-state index in [1.54, 1.807) is 0 Å². The summed E-state index contributed by atoms with van der Waals surface area (Å²) in [5.74, 6) is -0.0778. The molecule has 0 radical (unpaired) electrons. The molecule has 0 aliphatic rings. The molecule has 0 bridgehead atoms. The number of aromatic nitrogens is 1. The molecular formula is C16H23N3OS. The van der Waals surface area contributed by atoms with Crippen molar-refractivity contribution in [3.8, 4) is 0 Å². The molecule has 0 atom stereocenters. The van der Waals surface area contributed by atoms with E-state index in [0.717, 1.165) is 23.7 Å². The lowest BCUT2D eigenvalue weighted by molar-refractivity contribution is 0.0945. The fourth-order valence-corrected chi connectivity index (χ4v) is 3.29. The molecule has 0 unspecified atom stereocenters. The van der Waals surface area contributed by atoms with Crippen molar-refractivity contribution in [2.24, 2.45) is 0 Å². The summed E-state index contributed by atoms with van der Waals surface area (Å²) in [5.41, 5.74) is 7.95. The smallest absolute Gasteiger partial charge is 0.267 e. The van der Waals surface area contributed by atoms with Crippen molar-refractivity contribution in [3.05, 3.63) is 30.0 Å².